The van der Waals surface area contributed by atoms with Gasteiger partial charge in [0.15, 0.2) is 0 Å². The molecule has 0 radical (unpaired) electrons. The monoisotopic (exact) mass is 418 g/mol. The van der Waals surface area contributed by atoms with E-state index in [1.54, 1.807) is 35.9 Å². The molecule has 1 heterocycles. The fourth-order valence-electron chi connectivity index (χ4n) is 2.65. The SMILES string of the molecule is Cc1ccc(Cn2nc(C)c(C(=O)OCCOc3ccc(Cl)cc3)c2Cl)cc1. The van der Waals surface area contributed by atoms with Gasteiger partial charge in [0.2, 0.25) is 0 Å². The Balaban J connectivity index is 1.58. The summed E-state index contributed by atoms with van der Waals surface area (Å²) in [4.78, 5) is 12.4. The van der Waals surface area contributed by atoms with Crippen LogP contribution in [0.1, 0.15) is 27.2 Å². The number of aromatic nitrogens is 2. The number of carbonyl (C=O) groups excluding carboxylic acids is 1. The molecular formula is C21H20Cl2N2O3. The molecule has 7 heteroatoms. The molecule has 0 spiro atoms. The Morgan fingerprint density at radius 2 is 1.68 bits per heavy atom. The minimum atomic E-state index is -0.516. The Labute approximate surface area is 173 Å². The van der Waals surface area contributed by atoms with Gasteiger partial charge in [-0.1, -0.05) is 53.0 Å². The van der Waals surface area contributed by atoms with E-state index in [0.717, 1.165) is 5.56 Å². The van der Waals surface area contributed by atoms with Crippen molar-refractivity contribution in [3.63, 3.8) is 0 Å². The third kappa shape index (κ3) is 5.06. The molecule has 146 valence electrons. The second-order valence-corrected chi connectivity index (χ2v) is 7.13. The molecule has 0 N–H and O–H groups in total. The van der Waals surface area contributed by atoms with E-state index >= 15 is 0 Å². The molecule has 3 aromatic rings. The first-order valence-corrected chi connectivity index (χ1v) is 9.53. The second kappa shape index (κ2) is 9.13. The predicted molar refractivity (Wildman–Crippen MR) is 109 cm³/mol. The number of aryl methyl sites for hydroxylation is 2. The van der Waals surface area contributed by atoms with Crippen molar-refractivity contribution < 1.29 is 14.3 Å². The molecule has 0 saturated carbocycles. The van der Waals surface area contributed by atoms with Gasteiger partial charge in [-0.3, -0.25) is 0 Å². The van der Waals surface area contributed by atoms with Gasteiger partial charge in [0, 0.05) is 5.02 Å². The molecule has 0 atom stereocenters. The summed E-state index contributed by atoms with van der Waals surface area (Å²) in [7, 11) is 0. The molecule has 0 unspecified atom stereocenters. The van der Waals surface area contributed by atoms with E-state index in [-0.39, 0.29) is 23.9 Å². The molecule has 0 bridgehead atoms. The van der Waals surface area contributed by atoms with Crippen molar-refractivity contribution in [2.45, 2.75) is 20.4 Å². The molecular weight excluding hydrogens is 399 g/mol. The highest BCUT2D eigenvalue weighted by molar-refractivity contribution is 6.32. The Kier molecular flexibility index (Phi) is 6.60. The predicted octanol–water partition coefficient (Wildman–Crippen LogP) is 5.09. The Bertz CT molecular complexity index is 951. The summed E-state index contributed by atoms with van der Waals surface area (Å²) in [6, 6.07) is 15.0. The van der Waals surface area contributed by atoms with Gasteiger partial charge in [-0.2, -0.15) is 5.10 Å². The zero-order valence-corrected chi connectivity index (χ0v) is 17.1. The number of benzene rings is 2. The van der Waals surface area contributed by atoms with Gasteiger partial charge in [0.25, 0.3) is 0 Å². The summed E-state index contributed by atoms with van der Waals surface area (Å²) < 4.78 is 12.4. The van der Waals surface area contributed by atoms with Crippen LogP contribution in [-0.4, -0.2) is 29.0 Å². The highest BCUT2D eigenvalue weighted by Crippen LogP contribution is 2.22. The van der Waals surface area contributed by atoms with E-state index in [1.165, 1.54) is 5.56 Å². The van der Waals surface area contributed by atoms with Crippen LogP contribution in [0.4, 0.5) is 0 Å². The van der Waals surface area contributed by atoms with Crippen molar-refractivity contribution in [1.29, 1.82) is 0 Å². The fourth-order valence-corrected chi connectivity index (χ4v) is 3.09. The lowest BCUT2D eigenvalue weighted by Gasteiger charge is -2.08. The van der Waals surface area contributed by atoms with Crippen molar-refractivity contribution in [3.05, 3.63) is 81.1 Å². The maximum atomic E-state index is 12.4. The molecule has 28 heavy (non-hydrogen) atoms. The highest BCUT2D eigenvalue weighted by atomic mass is 35.5. The van der Waals surface area contributed by atoms with E-state index < -0.39 is 5.97 Å². The van der Waals surface area contributed by atoms with E-state index in [4.69, 9.17) is 32.7 Å². The molecule has 1 aromatic heterocycles. The van der Waals surface area contributed by atoms with Gasteiger partial charge < -0.3 is 9.47 Å². The fraction of sp³-hybridized carbons (Fsp3) is 0.238. The van der Waals surface area contributed by atoms with Gasteiger partial charge in [-0.15, -0.1) is 0 Å². The number of halogens is 2. The zero-order valence-electron chi connectivity index (χ0n) is 15.6. The normalized spacial score (nSPS) is 10.7. The van der Waals surface area contributed by atoms with Crippen molar-refractivity contribution >= 4 is 29.2 Å². The number of nitrogens with zero attached hydrogens (tertiary/aromatic N) is 2. The topological polar surface area (TPSA) is 53.4 Å². The van der Waals surface area contributed by atoms with Crippen LogP contribution in [0.3, 0.4) is 0 Å². The minimum Gasteiger partial charge on any atom is -0.490 e. The van der Waals surface area contributed by atoms with E-state index in [0.29, 0.717) is 23.0 Å². The van der Waals surface area contributed by atoms with Crippen LogP contribution in [-0.2, 0) is 11.3 Å². The van der Waals surface area contributed by atoms with Crippen LogP contribution in [0, 0.1) is 13.8 Å². The largest absolute Gasteiger partial charge is 0.490 e. The van der Waals surface area contributed by atoms with E-state index in [1.807, 2.05) is 31.2 Å². The number of hydrogen-bond acceptors (Lipinski definition) is 4. The van der Waals surface area contributed by atoms with Crippen molar-refractivity contribution in [1.82, 2.24) is 9.78 Å². The quantitative estimate of drug-likeness (QED) is 0.396. The first kappa shape index (κ1) is 20.2. The molecule has 0 saturated heterocycles. The lowest BCUT2D eigenvalue weighted by atomic mass is 10.1. The standard InChI is InChI=1S/C21H20Cl2N2O3/c1-14-3-5-16(6-4-14)13-25-20(23)19(15(2)24-25)21(26)28-12-11-27-18-9-7-17(22)8-10-18/h3-10H,11-13H2,1-2H3. The third-order valence-electron chi connectivity index (χ3n) is 4.12. The minimum absolute atomic E-state index is 0.0976. The lowest BCUT2D eigenvalue weighted by Crippen LogP contribution is -2.13. The molecule has 0 aliphatic heterocycles. The first-order chi connectivity index (χ1) is 13.4. The zero-order chi connectivity index (χ0) is 20.1. The third-order valence-corrected chi connectivity index (χ3v) is 4.76. The average molecular weight is 419 g/mol. The maximum Gasteiger partial charge on any atom is 0.343 e. The maximum absolute atomic E-state index is 12.4. The van der Waals surface area contributed by atoms with Crippen LogP contribution in [0.15, 0.2) is 48.5 Å². The van der Waals surface area contributed by atoms with Crippen LogP contribution in [0.2, 0.25) is 10.2 Å². The second-order valence-electron chi connectivity index (χ2n) is 6.33. The van der Waals surface area contributed by atoms with Gasteiger partial charge in [-0.05, 0) is 43.7 Å². The van der Waals surface area contributed by atoms with Crippen LogP contribution >= 0.6 is 23.2 Å². The van der Waals surface area contributed by atoms with Crippen LogP contribution in [0.5, 0.6) is 5.75 Å². The number of ether oxygens (including phenoxy) is 2. The molecule has 0 amide bonds. The molecule has 0 aliphatic carbocycles. The highest BCUT2D eigenvalue weighted by Gasteiger charge is 2.21. The molecule has 2 aromatic carbocycles. The van der Waals surface area contributed by atoms with Crippen molar-refractivity contribution in [3.8, 4) is 5.75 Å². The van der Waals surface area contributed by atoms with Gasteiger partial charge in [0.1, 0.15) is 29.7 Å². The Morgan fingerprint density at radius 1 is 1.00 bits per heavy atom. The number of carbonyl (C=O) groups is 1. The van der Waals surface area contributed by atoms with Gasteiger partial charge >= 0.3 is 5.97 Å². The van der Waals surface area contributed by atoms with Crippen molar-refractivity contribution in [2.24, 2.45) is 0 Å². The smallest absolute Gasteiger partial charge is 0.343 e. The van der Waals surface area contributed by atoms with Gasteiger partial charge in [0.05, 0.1) is 12.2 Å². The summed E-state index contributed by atoms with van der Waals surface area (Å²) in [5, 5.41) is 5.27. The number of esters is 1. The first-order valence-electron chi connectivity index (χ1n) is 8.78. The number of rotatable bonds is 7. The molecule has 0 fully saturated rings. The van der Waals surface area contributed by atoms with Crippen LogP contribution in [0.25, 0.3) is 0 Å². The molecule has 3 rings (SSSR count). The molecule has 0 aliphatic rings. The summed E-state index contributed by atoms with van der Waals surface area (Å²) in [5.41, 5.74) is 3.03. The summed E-state index contributed by atoms with van der Waals surface area (Å²) in [6.45, 7) is 4.56. The summed E-state index contributed by atoms with van der Waals surface area (Å²) in [5.74, 6) is 0.137. The van der Waals surface area contributed by atoms with Gasteiger partial charge in [-0.25, -0.2) is 9.48 Å². The Morgan fingerprint density at radius 3 is 2.36 bits per heavy atom. The average Bonchev–Trinajstić information content (AvgIpc) is 2.95. The lowest BCUT2D eigenvalue weighted by molar-refractivity contribution is 0.0449. The van der Waals surface area contributed by atoms with E-state index in [2.05, 4.69) is 5.10 Å². The summed E-state index contributed by atoms with van der Waals surface area (Å²) >= 11 is 12.2. The Hall–Kier alpha value is -2.50. The molecule has 5 nitrogen and oxygen atoms in total. The van der Waals surface area contributed by atoms with Crippen molar-refractivity contribution in [2.75, 3.05) is 13.2 Å². The van der Waals surface area contributed by atoms with Crippen LogP contribution < -0.4 is 4.74 Å². The van der Waals surface area contributed by atoms with E-state index in [9.17, 15) is 4.79 Å². The summed E-state index contributed by atoms with van der Waals surface area (Å²) in [6.07, 6.45) is 0. The number of hydrogen-bond donors (Lipinski definition) is 0.